The highest BCUT2D eigenvalue weighted by molar-refractivity contribution is 5.97. The number of hydrogen-bond donors (Lipinski definition) is 0. The molecule has 1 amide bonds. The number of fused-ring (bicyclic) bond motifs is 1. The summed E-state index contributed by atoms with van der Waals surface area (Å²) in [5.41, 5.74) is 2.01. The van der Waals surface area contributed by atoms with Gasteiger partial charge >= 0.3 is 5.97 Å². The molecule has 1 aliphatic rings. The molecule has 1 atom stereocenters. The first kappa shape index (κ1) is 18.8. The largest absolute Gasteiger partial charge is 0.490 e. The number of esters is 1. The van der Waals surface area contributed by atoms with E-state index in [4.69, 9.17) is 14.2 Å². The Hall–Kier alpha value is -3.02. The predicted molar refractivity (Wildman–Crippen MR) is 101 cm³/mol. The van der Waals surface area contributed by atoms with Crippen LogP contribution in [0.5, 0.6) is 11.5 Å². The van der Waals surface area contributed by atoms with Crippen molar-refractivity contribution in [1.82, 2.24) is 0 Å². The molecule has 1 unspecified atom stereocenters. The molecule has 27 heavy (non-hydrogen) atoms. The van der Waals surface area contributed by atoms with E-state index in [0.717, 1.165) is 17.7 Å². The first-order valence-corrected chi connectivity index (χ1v) is 9.00. The van der Waals surface area contributed by atoms with Gasteiger partial charge in [0.1, 0.15) is 0 Å². The number of nitrogens with zero attached hydrogens (tertiary/aromatic N) is 1. The fourth-order valence-electron chi connectivity index (χ4n) is 3.18. The minimum Gasteiger partial charge on any atom is -0.490 e. The Bertz CT molecular complexity index is 820. The SMILES string of the molecule is CCOc1ccccc1OCC(=O)OCC(=O)N1c2ccccc2CC1C. The van der Waals surface area contributed by atoms with Crippen molar-refractivity contribution in [2.75, 3.05) is 24.7 Å². The molecule has 1 heterocycles. The Morgan fingerprint density at radius 1 is 1.00 bits per heavy atom. The predicted octanol–water partition coefficient (Wildman–Crippen LogP) is 2.99. The average Bonchev–Trinajstić information content (AvgIpc) is 3.01. The van der Waals surface area contributed by atoms with E-state index in [1.807, 2.05) is 44.2 Å². The maximum absolute atomic E-state index is 12.5. The van der Waals surface area contributed by atoms with Crippen molar-refractivity contribution in [2.24, 2.45) is 0 Å². The molecule has 3 rings (SSSR count). The second kappa shape index (κ2) is 8.58. The number of carbonyl (C=O) groups excluding carboxylic acids is 2. The van der Waals surface area contributed by atoms with E-state index < -0.39 is 5.97 Å². The molecular weight excluding hydrogens is 346 g/mol. The molecule has 0 saturated heterocycles. The molecule has 2 aromatic carbocycles. The van der Waals surface area contributed by atoms with E-state index in [-0.39, 0.29) is 25.2 Å². The fraction of sp³-hybridized carbons (Fsp3) is 0.333. The molecule has 1 aliphatic heterocycles. The Kier molecular flexibility index (Phi) is 5.96. The summed E-state index contributed by atoms with van der Waals surface area (Å²) in [4.78, 5) is 26.2. The summed E-state index contributed by atoms with van der Waals surface area (Å²) in [6.45, 7) is 3.74. The molecule has 6 heteroatoms. The second-order valence-electron chi connectivity index (χ2n) is 6.27. The highest BCUT2D eigenvalue weighted by atomic mass is 16.6. The molecule has 6 nitrogen and oxygen atoms in total. The summed E-state index contributed by atoms with van der Waals surface area (Å²) in [7, 11) is 0. The zero-order chi connectivity index (χ0) is 19.2. The highest BCUT2D eigenvalue weighted by Crippen LogP contribution is 2.31. The van der Waals surface area contributed by atoms with Gasteiger partial charge < -0.3 is 19.1 Å². The van der Waals surface area contributed by atoms with Crippen LogP contribution in [0.1, 0.15) is 19.4 Å². The molecule has 0 fully saturated rings. The van der Waals surface area contributed by atoms with E-state index in [9.17, 15) is 9.59 Å². The molecule has 0 N–H and O–H groups in total. The molecular formula is C21H23NO5. The van der Waals surface area contributed by atoms with Crippen LogP contribution in [0.3, 0.4) is 0 Å². The van der Waals surface area contributed by atoms with E-state index in [0.29, 0.717) is 18.1 Å². The molecule has 0 bridgehead atoms. The van der Waals surface area contributed by atoms with Crippen molar-refractivity contribution in [1.29, 1.82) is 0 Å². The van der Waals surface area contributed by atoms with Crippen LogP contribution in [0.4, 0.5) is 5.69 Å². The number of amides is 1. The molecule has 0 aromatic heterocycles. The Labute approximate surface area is 158 Å². The van der Waals surface area contributed by atoms with Gasteiger partial charge in [0.2, 0.25) is 0 Å². The standard InChI is InChI=1S/C21H23NO5/c1-3-25-18-10-6-7-11-19(18)26-14-21(24)27-13-20(23)22-15(2)12-16-8-4-5-9-17(16)22/h4-11,15H,3,12-14H2,1-2H3. The first-order valence-electron chi connectivity index (χ1n) is 9.00. The third-order valence-corrected chi connectivity index (χ3v) is 4.33. The van der Waals surface area contributed by atoms with E-state index in [1.54, 1.807) is 23.1 Å². The third kappa shape index (κ3) is 4.39. The van der Waals surface area contributed by atoms with Gasteiger partial charge in [-0.2, -0.15) is 0 Å². The maximum atomic E-state index is 12.5. The van der Waals surface area contributed by atoms with E-state index in [1.165, 1.54) is 0 Å². The molecule has 142 valence electrons. The van der Waals surface area contributed by atoms with Crippen molar-refractivity contribution in [3.8, 4) is 11.5 Å². The van der Waals surface area contributed by atoms with Crippen molar-refractivity contribution >= 4 is 17.6 Å². The summed E-state index contributed by atoms with van der Waals surface area (Å²) in [6.07, 6.45) is 0.799. The lowest BCUT2D eigenvalue weighted by molar-refractivity contribution is -0.149. The van der Waals surface area contributed by atoms with Gasteiger partial charge in [0.05, 0.1) is 6.61 Å². The number of para-hydroxylation sites is 3. The van der Waals surface area contributed by atoms with Crippen LogP contribution in [0, 0.1) is 0 Å². The van der Waals surface area contributed by atoms with Crippen molar-refractivity contribution in [2.45, 2.75) is 26.3 Å². The maximum Gasteiger partial charge on any atom is 0.344 e. The lowest BCUT2D eigenvalue weighted by Crippen LogP contribution is -2.39. The molecule has 0 spiro atoms. The Morgan fingerprint density at radius 2 is 1.67 bits per heavy atom. The van der Waals surface area contributed by atoms with Gasteiger partial charge in [0, 0.05) is 11.7 Å². The monoisotopic (exact) mass is 369 g/mol. The van der Waals surface area contributed by atoms with Gasteiger partial charge in [-0.1, -0.05) is 30.3 Å². The summed E-state index contributed by atoms with van der Waals surface area (Å²) in [6, 6.07) is 14.9. The van der Waals surface area contributed by atoms with Crippen LogP contribution in [-0.2, 0) is 20.7 Å². The smallest absolute Gasteiger partial charge is 0.344 e. The number of ether oxygens (including phenoxy) is 3. The third-order valence-electron chi connectivity index (χ3n) is 4.33. The quantitative estimate of drug-likeness (QED) is 0.702. The molecule has 0 radical (unpaired) electrons. The van der Waals surface area contributed by atoms with Gasteiger partial charge in [-0.05, 0) is 44.0 Å². The topological polar surface area (TPSA) is 65.1 Å². The number of anilines is 1. The van der Waals surface area contributed by atoms with Crippen LogP contribution in [0.15, 0.2) is 48.5 Å². The van der Waals surface area contributed by atoms with Crippen LogP contribution in [-0.4, -0.2) is 37.7 Å². The average molecular weight is 369 g/mol. The van der Waals surface area contributed by atoms with Gasteiger partial charge in [-0.25, -0.2) is 4.79 Å². The van der Waals surface area contributed by atoms with E-state index in [2.05, 4.69) is 0 Å². The Morgan fingerprint density at radius 3 is 2.41 bits per heavy atom. The van der Waals surface area contributed by atoms with Crippen LogP contribution >= 0.6 is 0 Å². The zero-order valence-corrected chi connectivity index (χ0v) is 15.5. The first-order chi connectivity index (χ1) is 13.1. The van der Waals surface area contributed by atoms with Crippen LogP contribution < -0.4 is 14.4 Å². The normalized spacial score (nSPS) is 15.2. The number of rotatable bonds is 7. The van der Waals surface area contributed by atoms with Crippen molar-refractivity contribution < 1.29 is 23.8 Å². The minimum atomic E-state index is -0.602. The number of hydrogen-bond acceptors (Lipinski definition) is 5. The fourth-order valence-corrected chi connectivity index (χ4v) is 3.18. The van der Waals surface area contributed by atoms with Crippen LogP contribution in [0.2, 0.25) is 0 Å². The lowest BCUT2D eigenvalue weighted by Gasteiger charge is -2.22. The van der Waals surface area contributed by atoms with Gasteiger partial charge in [0.25, 0.3) is 5.91 Å². The summed E-state index contributed by atoms with van der Waals surface area (Å²) in [5, 5.41) is 0. The summed E-state index contributed by atoms with van der Waals surface area (Å²) < 4.78 is 16.0. The number of carbonyl (C=O) groups is 2. The van der Waals surface area contributed by atoms with Gasteiger partial charge in [-0.3, -0.25) is 4.79 Å². The van der Waals surface area contributed by atoms with E-state index >= 15 is 0 Å². The highest BCUT2D eigenvalue weighted by Gasteiger charge is 2.30. The zero-order valence-electron chi connectivity index (χ0n) is 15.5. The summed E-state index contributed by atoms with van der Waals surface area (Å²) in [5.74, 6) is 0.182. The molecule has 0 aliphatic carbocycles. The lowest BCUT2D eigenvalue weighted by atomic mass is 10.1. The minimum absolute atomic E-state index is 0.0444. The van der Waals surface area contributed by atoms with Gasteiger partial charge in [0.15, 0.2) is 24.7 Å². The molecule has 0 saturated carbocycles. The Balaban J connectivity index is 1.52. The van der Waals surface area contributed by atoms with Gasteiger partial charge in [-0.15, -0.1) is 0 Å². The van der Waals surface area contributed by atoms with Crippen LogP contribution in [0.25, 0.3) is 0 Å². The molecule has 2 aromatic rings. The van der Waals surface area contributed by atoms with Crippen molar-refractivity contribution in [3.63, 3.8) is 0 Å². The second-order valence-corrected chi connectivity index (χ2v) is 6.27. The summed E-state index contributed by atoms with van der Waals surface area (Å²) >= 11 is 0. The number of benzene rings is 2. The van der Waals surface area contributed by atoms with Crippen molar-refractivity contribution in [3.05, 3.63) is 54.1 Å².